The zero-order valence-corrected chi connectivity index (χ0v) is 9.62. The number of aliphatic hydroxyl groups excluding tert-OH is 2. The molecule has 0 aliphatic carbocycles. The van der Waals surface area contributed by atoms with Crippen molar-refractivity contribution < 1.29 is 29.3 Å². The molecule has 0 bridgehead atoms. The summed E-state index contributed by atoms with van der Waals surface area (Å²) in [6, 6.07) is 0. The molecule has 0 aliphatic rings. The Morgan fingerprint density at radius 3 is 2.12 bits per heavy atom. The van der Waals surface area contributed by atoms with Gasteiger partial charge in [-0.25, -0.2) is 0 Å². The molecule has 0 heterocycles. The second-order valence-corrected chi connectivity index (χ2v) is 4.25. The number of aliphatic hydroxyl groups is 2. The first-order chi connectivity index (χ1) is 7.30. The molecule has 0 aromatic carbocycles. The van der Waals surface area contributed by atoms with Gasteiger partial charge in [-0.1, -0.05) is 0 Å². The number of aldehydes is 2. The Morgan fingerprint density at radius 1 is 1.19 bits per heavy atom. The maximum atomic E-state index is 10.6. The largest absolute Gasteiger partial charge is 0.380 e. The van der Waals surface area contributed by atoms with Gasteiger partial charge in [-0.15, -0.1) is 0 Å². The summed E-state index contributed by atoms with van der Waals surface area (Å²) in [5.41, 5.74) is -0.446. The Kier molecular flexibility index (Phi) is 6.35. The van der Waals surface area contributed by atoms with E-state index in [9.17, 15) is 9.59 Å². The number of ether oxygens (including phenoxy) is 2. The highest BCUT2D eigenvalue weighted by molar-refractivity contribution is 5.57. The first-order valence-electron chi connectivity index (χ1n) is 4.86. The monoisotopic (exact) mass is 234 g/mol. The lowest BCUT2D eigenvalue weighted by Crippen LogP contribution is -2.37. The molecule has 0 rings (SSSR count). The molecule has 2 N–H and O–H groups in total. The summed E-state index contributed by atoms with van der Waals surface area (Å²) in [6.07, 6.45) is -3.86. The molecule has 0 aliphatic heterocycles. The van der Waals surface area contributed by atoms with Crippen LogP contribution in [0, 0.1) is 0 Å². The molecule has 0 amide bonds. The van der Waals surface area contributed by atoms with Crippen molar-refractivity contribution in [1.82, 2.24) is 0 Å². The highest BCUT2D eigenvalue weighted by atomic mass is 16.6. The SMILES string of the molecule is CC(C)(C)OCC(C=O)O[C@H](O)[C@@H](O)C=O. The van der Waals surface area contributed by atoms with E-state index >= 15 is 0 Å². The first-order valence-corrected chi connectivity index (χ1v) is 4.86. The van der Waals surface area contributed by atoms with E-state index in [0.29, 0.717) is 6.29 Å². The zero-order valence-electron chi connectivity index (χ0n) is 9.62. The van der Waals surface area contributed by atoms with E-state index in [1.54, 1.807) is 20.8 Å². The van der Waals surface area contributed by atoms with E-state index in [2.05, 4.69) is 0 Å². The van der Waals surface area contributed by atoms with E-state index < -0.39 is 24.1 Å². The minimum Gasteiger partial charge on any atom is -0.380 e. The van der Waals surface area contributed by atoms with Gasteiger partial charge in [0.2, 0.25) is 0 Å². The molecule has 0 saturated heterocycles. The van der Waals surface area contributed by atoms with Crippen LogP contribution in [-0.4, -0.2) is 53.5 Å². The fraction of sp³-hybridized carbons (Fsp3) is 0.800. The average molecular weight is 234 g/mol. The van der Waals surface area contributed by atoms with Crippen LogP contribution in [0.2, 0.25) is 0 Å². The third-order valence-corrected chi connectivity index (χ3v) is 1.58. The van der Waals surface area contributed by atoms with E-state index in [0.717, 1.165) is 0 Å². The minimum absolute atomic E-state index is 0.0599. The molecule has 1 unspecified atom stereocenters. The Morgan fingerprint density at radius 2 is 1.75 bits per heavy atom. The Hall–Kier alpha value is -0.820. The van der Waals surface area contributed by atoms with Gasteiger partial charge in [0.05, 0.1) is 12.2 Å². The molecule has 6 nitrogen and oxygen atoms in total. The second kappa shape index (κ2) is 6.70. The van der Waals surface area contributed by atoms with Crippen molar-refractivity contribution in [2.24, 2.45) is 0 Å². The normalized spacial score (nSPS) is 17.6. The fourth-order valence-electron chi connectivity index (χ4n) is 0.770. The summed E-state index contributed by atoms with van der Waals surface area (Å²) in [6.45, 7) is 5.33. The maximum Gasteiger partial charge on any atom is 0.188 e. The van der Waals surface area contributed by atoms with Crippen LogP contribution in [0.5, 0.6) is 0 Å². The highest BCUT2D eigenvalue weighted by Crippen LogP contribution is 2.08. The summed E-state index contributed by atoms with van der Waals surface area (Å²) in [5, 5.41) is 18.0. The number of carbonyl (C=O) groups excluding carboxylic acids is 2. The van der Waals surface area contributed by atoms with E-state index in [4.69, 9.17) is 19.7 Å². The first kappa shape index (κ1) is 15.2. The van der Waals surface area contributed by atoms with Gasteiger partial charge in [-0.05, 0) is 20.8 Å². The standard InChI is InChI=1S/C10H18O6/c1-10(2,3)15-6-7(4-11)16-9(14)8(13)5-12/h4-5,7-9,13-14H,6H2,1-3H3/t7?,8-,9-/m0/s1. The summed E-state index contributed by atoms with van der Waals surface area (Å²) in [4.78, 5) is 20.7. The topological polar surface area (TPSA) is 93.1 Å². The smallest absolute Gasteiger partial charge is 0.188 e. The van der Waals surface area contributed by atoms with Crippen LogP contribution in [0.15, 0.2) is 0 Å². The van der Waals surface area contributed by atoms with Crippen molar-refractivity contribution in [3.05, 3.63) is 0 Å². The van der Waals surface area contributed by atoms with E-state index in [1.807, 2.05) is 0 Å². The highest BCUT2D eigenvalue weighted by Gasteiger charge is 2.22. The van der Waals surface area contributed by atoms with Crippen molar-refractivity contribution in [1.29, 1.82) is 0 Å². The fourth-order valence-corrected chi connectivity index (χ4v) is 0.770. The molecule has 0 aromatic rings. The van der Waals surface area contributed by atoms with Gasteiger partial charge < -0.3 is 29.3 Å². The van der Waals surface area contributed by atoms with E-state index in [1.165, 1.54) is 0 Å². The minimum atomic E-state index is -1.73. The second-order valence-electron chi connectivity index (χ2n) is 4.25. The maximum absolute atomic E-state index is 10.6. The van der Waals surface area contributed by atoms with Crippen molar-refractivity contribution >= 4 is 12.6 Å². The third-order valence-electron chi connectivity index (χ3n) is 1.58. The lowest BCUT2D eigenvalue weighted by Gasteiger charge is -2.24. The summed E-state index contributed by atoms with van der Waals surface area (Å²) < 4.78 is 9.99. The predicted molar refractivity (Wildman–Crippen MR) is 54.7 cm³/mol. The Labute approximate surface area is 94.2 Å². The summed E-state index contributed by atoms with van der Waals surface area (Å²) in [5.74, 6) is 0. The van der Waals surface area contributed by atoms with Gasteiger partial charge in [0, 0.05) is 0 Å². The van der Waals surface area contributed by atoms with Crippen molar-refractivity contribution in [2.45, 2.75) is 44.9 Å². The lowest BCUT2D eigenvalue weighted by atomic mass is 10.2. The molecule has 3 atom stereocenters. The average Bonchev–Trinajstić information content (AvgIpc) is 2.21. The number of hydrogen-bond donors (Lipinski definition) is 2. The van der Waals surface area contributed by atoms with Crippen LogP contribution in [0.25, 0.3) is 0 Å². The van der Waals surface area contributed by atoms with Crippen LogP contribution < -0.4 is 0 Å². The molecule has 0 fully saturated rings. The van der Waals surface area contributed by atoms with Crippen molar-refractivity contribution in [3.63, 3.8) is 0 Å². The predicted octanol–water partition coefficient (Wildman–Crippen LogP) is -0.736. The molecular formula is C10H18O6. The molecule has 0 radical (unpaired) electrons. The number of hydrogen-bond acceptors (Lipinski definition) is 6. The van der Waals surface area contributed by atoms with Gasteiger partial charge in [-0.3, -0.25) is 0 Å². The van der Waals surface area contributed by atoms with Crippen LogP contribution in [0.3, 0.4) is 0 Å². The van der Waals surface area contributed by atoms with Gasteiger partial charge in [-0.2, -0.15) is 0 Å². The zero-order chi connectivity index (χ0) is 12.8. The quantitative estimate of drug-likeness (QED) is 0.445. The molecule has 0 aromatic heterocycles. The number of rotatable bonds is 7. The van der Waals surface area contributed by atoms with Gasteiger partial charge in [0.1, 0.15) is 6.10 Å². The Bertz CT molecular complexity index is 222. The van der Waals surface area contributed by atoms with Crippen LogP contribution in [0.4, 0.5) is 0 Å². The number of carbonyl (C=O) groups is 2. The van der Waals surface area contributed by atoms with Gasteiger partial charge in [0.15, 0.2) is 25.0 Å². The van der Waals surface area contributed by atoms with Crippen molar-refractivity contribution in [2.75, 3.05) is 6.61 Å². The molecule has 0 spiro atoms. The van der Waals surface area contributed by atoms with Gasteiger partial charge in [0.25, 0.3) is 0 Å². The van der Waals surface area contributed by atoms with Crippen molar-refractivity contribution in [3.8, 4) is 0 Å². The Balaban J connectivity index is 4.10. The summed E-state index contributed by atoms with van der Waals surface area (Å²) in [7, 11) is 0. The summed E-state index contributed by atoms with van der Waals surface area (Å²) >= 11 is 0. The molecule has 0 saturated carbocycles. The van der Waals surface area contributed by atoms with Crippen LogP contribution in [0.1, 0.15) is 20.8 Å². The molecular weight excluding hydrogens is 216 g/mol. The molecule has 94 valence electrons. The molecule has 6 heteroatoms. The lowest BCUT2D eigenvalue weighted by molar-refractivity contribution is -0.196. The van der Waals surface area contributed by atoms with Crippen LogP contribution in [-0.2, 0) is 19.1 Å². The third kappa shape index (κ3) is 6.62. The van der Waals surface area contributed by atoms with Gasteiger partial charge >= 0.3 is 0 Å². The van der Waals surface area contributed by atoms with E-state index in [-0.39, 0.29) is 12.9 Å². The van der Waals surface area contributed by atoms with Crippen LogP contribution >= 0.6 is 0 Å². The molecule has 16 heavy (non-hydrogen) atoms.